The fourth-order valence-corrected chi connectivity index (χ4v) is 3.12. The van der Waals surface area contributed by atoms with Crippen molar-refractivity contribution in [1.82, 2.24) is 5.32 Å². The molecule has 1 atom stereocenters. The molecule has 1 aromatic carbocycles. The van der Waals surface area contributed by atoms with Crippen LogP contribution in [0.3, 0.4) is 0 Å². The molecular weight excluding hydrogens is 351 g/mol. The third-order valence-corrected chi connectivity index (χ3v) is 4.50. The van der Waals surface area contributed by atoms with Gasteiger partial charge in [0.1, 0.15) is 0 Å². The summed E-state index contributed by atoms with van der Waals surface area (Å²) in [6, 6.07) is 7.97. The molecule has 0 spiro atoms. The van der Waals surface area contributed by atoms with Gasteiger partial charge >= 0.3 is 0 Å². The molecule has 104 valence electrons. The summed E-state index contributed by atoms with van der Waals surface area (Å²) in [5, 5.41) is 6.46. The Morgan fingerprint density at radius 1 is 1.42 bits per heavy atom. The second kappa shape index (κ2) is 6.70. The van der Waals surface area contributed by atoms with E-state index in [9.17, 15) is 4.79 Å². The molecule has 0 radical (unpaired) electrons. The summed E-state index contributed by atoms with van der Waals surface area (Å²) in [6.07, 6.45) is 4.07. The number of piperidine rings is 1. The molecule has 3 nitrogen and oxygen atoms in total. The predicted octanol–water partition coefficient (Wildman–Crippen LogP) is 3.40. The third-order valence-electron chi connectivity index (χ3n) is 3.78. The molecule has 1 aliphatic rings. The average Bonchev–Trinajstić information content (AvgIpc) is 2.43. The lowest BCUT2D eigenvalue weighted by molar-refractivity contribution is -0.127. The maximum absolute atomic E-state index is 12.6. The molecule has 1 aromatic rings. The molecule has 0 bridgehead atoms. The van der Waals surface area contributed by atoms with E-state index in [1.807, 2.05) is 24.3 Å². The normalized spacial score (nSPS) is 23.1. The topological polar surface area (TPSA) is 41.1 Å². The largest absolute Gasteiger partial charge is 0.326 e. The van der Waals surface area contributed by atoms with Gasteiger partial charge in [0.05, 0.1) is 5.41 Å². The number of carbonyl (C=O) groups excluding carboxylic acids is 1. The van der Waals surface area contributed by atoms with E-state index >= 15 is 0 Å². The number of anilines is 1. The van der Waals surface area contributed by atoms with E-state index in [1.165, 1.54) is 3.57 Å². The van der Waals surface area contributed by atoms with E-state index in [-0.39, 0.29) is 11.3 Å². The van der Waals surface area contributed by atoms with Gasteiger partial charge in [-0.25, -0.2) is 0 Å². The highest BCUT2D eigenvalue weighted by molar-refractivity contribution is 14.1. The number of carbonyl (C=O) groups is 1. The van der Waals surface area contributed by atoms with E-state index in [0.717, 1.165) is 44.5 Å². The van der Waals surface area contributed by atoms with Crippen LogP contribution in [0.25, 0.3) is 0 Å². The fourth-order valence-electron chi connectivity index (χ4n) is 2.76. The Hall–Kier alpha value is -0.620. The second-order valence-electron chi connectivity index (χ2n) is 5.27. The molecule has 1 heterocycles. The third kappa shape index (κ3) is 3.69. The van der Waals surface area contributed by atoms with Crippen molar-refractivity contribution in [1.29, 1.82) is 0 Å². The van der Waals surface area contributed by atoms with Crippen molar-refractivity contribution in [3.05, 3.63) is 27.8 Å². The molecule has 1 aliphatic heterocycles. The smallest absolute Gasteiger partial charge is 0.231 e. The Labute approximate surface area is 128 Å². The van der Waals surface area contributed by atoms with Crippen LogP contribution in [-0.4, -0.2) is 19.0 Å². The summed E-state index contributed by atoms with van der Waals surface area (Å²) in [7, 11) is 0. The molecule has 19 heavy (non-hydrogen) atoms. The molecule has 1 fully saturated rings. The van der Waals surface area contributed by atoms with Crippen molar-refractivity contribution < 1.29 is 4.79 Å². The zero-order chi connectivity index (χ0) is 13.7. The standard InChI is InChI=1S/C15H21IN2O/c1-2-8-15(9-3-10-17-11-15)14(19)18-13-6-4-12(16)5-7-13/h4-7,17H,2-3,8-11H2,1H3,(H,18,19). The molecule has 4 heteroatoms. The molecule has 1 unspecified atom stereocenters. The zero-order valence-electron chi connectivity index (χ0n) is 11.3. The van der Waals surface area contributed by atoms with Crippen LogP contribution in [0.1, 0.15) is 32.6 Å². The number of hydrogen-bond acceptors (Lipinski definition) is 2. The number of rotatable bonds is 4. The second-order valence-corrected chi connectivity index (χ2v) is 6.52. The Kier molecular flexibility index (Phi) is 5.21. The van der Waals surface area contributed by atoms with Crippen molar-refractivity contribution in [2.75, 3.05) is 18.4 Å². The molecule has 2 N–H and O–H groups in total. The minimum atomic E-state index is -0.226. The molecule has 0 saturated carbocycles. The van der Waals surface area contributed by atoms with Crippen LogP contribution < -0.4 is 10.6 Å². The summed E-state index contributed by atoms with van der Waals surface area (Å²) in [5.74, 6) is 0.169. The number of halogens is 1. The van der Waals surface area contributed by atoms with Crippen molar-refractivity contribution in [2.24, 2.45) is 5.41 Å². The van der Waals surface area contributed by atoms with Gasteiger partial charge in [0.25, 0.3) is 0 Å². The first-order valence-electron chi connectivity index (χ1n) is 6.94. The van der Waals surface area contributed by atoms with Crippen LogP contribution in [0.2, 0.25) is 0 Å². The van der Waals surface area contributed by atoms with Crippen LogP contribution >= 0.6 is 22.6 Å². The first kappa shape index (κ1) is 14.8. The quantitative estimate of drug-likeness (QED) is 0.796. The summed E-state index contributed by atoms with van der Waals surface area (Å²) in [4.78, 5) is 12.6. The minimum absolute atomic E-state index is 0.169. The van der Waals surface area contributed by atoms with E-state index < -0.39 is 0 Å². The number of benzene rings is 1. The van der Waals surface area contributed by atoms with Crippen molar-refractivity contribution in [3.8, 4) is 0 Å². The van der Waals surface area contributed by atoms with Crippen LogP contribution in [-0.2, 0) is 4.79 Å². The number of hydrogen-bond donors (Lipinski definition) is 2. The van der Waals surface area contributed by atoms with E-state index in [4.69, 9.17) is 0 Å². The predicted molar refractivity (Wildman–Crippen MR) is 87.2 cm³/mol. The van der Waals surface area contributed by atoms with Gasteiger partial charge in [0.2, 0.25) is 5.91 Å². The van der Waals surface area contributed by atoms with Gasteiger partial charge in [-0.2, -0.15) is 0 Å². The lowest BCUT2D eigenvalue weighted by Crippen LogP contribution is -2.48. The summed E-state index contributed by atoms with van der Waals surface area (Å²) in [6.45, 7) is 3.98. The maximum atomic E-state index is 12.6. The summed E-state index contributed by atoms with van der Waals surface area (Å²) >= 11 is 2.27. The molecule has 2 rings (SSSR count). The molecule has 0 aromatic heterocycles. The highest BCUT2D eigenvalue weighted by Gasteiger charge is 2.38. The SMILES string of the molecule is CCCC1(C(=O)Nc2ccc(I)cc2)CCCNC1. The maximum Gasteiger partial charge on any atom is 0.231 e. The molecular formula is C15H21IN2O. The van der Waals surface area contributed by atoms with Crippen LogP contribution in [0.15, 0.2) is 24.3 Å². The Balaban J connectivity index is 2.09. The zero-order valence-corrected chi connectivity index (χ0v) is 13.5. The van der Waals surface area contributed by atoms with Gasteiger partial charge in [-0.3, -0.25) is 4.79 Å². The Bertz CT molecular complexity index is 419. The minimum Gasteiger partial charge on any atom is -0.326 e. The van der Waals surface area contributed by atoms with Crippen molar-refractivity contribution >= 4 is 34.2 Å². The van der Waals surface area contributed by atoms with Crippen LogP contribution in [0.5, 0.6) is 0 Å². The van der Waals surface area contributed by atoms with Gasteiger partial charge in [-0.05, 0) is 72.7 Å². The average molecular weight is 372 g/mol. The lowest BCUT2D eigenvalue weighted by atomic mass is 9.76. The lowest BCUT2D eigenvalue weighted by Gasteiger charge is -2.36. The van der Waals surface area contributed by atoms with E-state index in [0.29, 0.717) is 0 Å². The van der Waals surface area contributed by atoms with E-state index in [1.54, 1.807) is 0 Å². The van der Waals surface area contributed by atoms with Crippen LogP contribution in [0, 0.1) is 8.99 Å². The summed E-state index contributed by atoms with van der Waals surface area (Å²) in [5.41, 5.74) is 0.669. The highest BCUT2D eigenvalue weighted by Crippen LogP contribution is 2.33. The fraction of sp³-hybridized carbons (Fsp3) is 0.533. The number of nitrogens with one attached hydrogen (secondary N) is 2. The Morgan fingerprint density at radius 2 is 2.16 bits per heavy atom. The van der Waals surface area contributed by atoms with Crippen LogP contribution in [0.4, 0.5) is 5.69 Å². The Morgan fingerprint density at radius 3 is 2.74 bits per heavy atom. The monoisotopic (exact) mass is 372 g/mol. The van der Waals surface area contributed by atoms with Gasteiger partial charge in [-0.1, -0.05) is 13.3 Å². The van der Waals surface area contributed by atoms with Crippen molar-refractivity contribution in [3.63, 3.8) is 0 Å². The first-order valence-corrected chi connectivity index (χ1v) is 8.02. The highest BCUT2D eigenvalue weighted by atomic mass is 127. The molecule has 1 saturated heterocycles. The van der Waals surface area contributed by atoms with Gasteiger partial charge in [0.15, 0.2) is 0 Å². The molecule has 0 aliphatic carbocycles. The first-order chi connectivity index (χ1) is 9.16. The van der Waals surface area contributed by atoms with Gasteiger partial charge < -0.3 is 10.6 Å². The number of amides is 1. The van der Waals surface area contributed by atoms with Gasteiger partial charge in [0, 0.05) is 15.8 Å². The molecule has 1 amide bonds. The van der Waals surface area contributed by atoms with Crippen molar-refractivity contribution in [2.45, 2.75) is 32.6 Å². The van der Waals surface area contributed by atoms with Gasteiger partial charge in [-0.15, -0.1) is 0 Å². The van der Waals surface area contributed by atoms with E-state index in [2.05, 4.69) is 40.1 Å². The summed E-state index contributed by atoms with van der Waals surface area (Å²) < 4.78 is 1.18.